The molecule has 0 radical (unpaired) electrons. The van der Waals surface area contributed by atoms with Gasteiger partial charge < -0.3 is 24.3 Å². The zero-order valence-electron chi connectivity index (χ0n) is 20.2. The van der Waals surface area contributed by atoms with Crippen molar-refractivity contribution in [2.75, 3.05) is 77.3 Å². The van der Waals surface area contributed by atoms with E-state index in [1.807, 2.05) is 12.1 Å². The van der Waals surface area contributed by atoms with Crippen molar-refractivity contribution < 1.29 is 4.74 Å². The second kappa shape index (κ2) is 9.15. The Morgan fingerprint density at radius 3 is 2.39 bits per heavy atom. The normalized spacial score (nSPS) is 17.3. The topological polar surface area (TPSA) is 48.0 Å². The molecule has 33 heavy (non-hydrogen) atoms. The maximum absolute atomic E-state index is 6.09. The van der Waals surface area contributed by atoms with E-state index < -0.39 is 0 Å². The Balaban J connectivity index is 1.52. The van der Waals surface area contributed by atoms with Crippen LogP contribution in [0.5, 0.6) is 5.75 Å². The van der Waals surface area contributed by atoms with Crippen LogP contribution >= 0.6 is 0 Å². The van der Waals surface area contributed by atoms with Gasteiger partial charge >= 0.3 is 0 Å². The highest BCUT2D eigenvalue weighted by atomic mass is 16.5. The van der Waals surface area contributed by atoms with Crippen LogP contribution in [0, 0.1) is 0 Å². The van der Waals surface area contributed by atoms with Gasteiger partial charge in [0.15, 0.2) is 11.6 Å². The lowest BCUT2D eigenvalue weighted by Gasteiger charge is -2.46. The summed E-state index contributed by atoms with van der Waals surface area (Å²) in [4.78, 5) is 19.4. The Morgan fingerprint density at radius 2 is 1.67 bits per heavy atom. The molecule has 2 aliphatic heterocycles. The molecular formula is C26H34N6O. The van der Waals surface area contributed by atoms with Crippen LogP contribution in [0.25, 0.3) is 11.0 Å². The average molecular weight is 447 g/mol. The lowest BCUT2D eigenvalue weighted by atomic mass is 9.90. The second-order valence-electron chi connectivity index (χ2n) is 9.58. The van der Waals surface area contributed by atoms with Gasteiger partial charge in [0.2, 0.25) is 0 Å². The van der Waals surface area contributed by atoms with E-state index in [0.29, 0.717) is 6.61 Å². The monoisotopic (exact) mass is 446 g/mol. The van der Waals surface area contributed by atoms with Crippen LogP contribution in [-0.2, 0) is 6.42 Å². The van der Waals surface area contributed by atoms with Gasteiger partial charge in [0.05, 0.1) is 17.1 Å². The fraction of sp³-hybridized carbons (Fsp3) is 0.462. The van der Waals surface area contributed by atoms with Crippen molar-refractivity contribution in [2.45, 2.75) is 12.5 Å². The Hall–Kier alpha value is -2.90. The Bertz CT molecular complexity index is 1130. The van der Waals surface area contributed by atoms with Crippen molar-refractivity contribution in [3.63, 3.8) is 0 Å². The summed E-state index contributed by atoms with van der Waals surface area (Å²) in [5.74, 6) is 2.97. The van der Waals surface area contributed by atoms with Crippen molar-refractivity contribution in [2.24, 2.45) is 0 Å². The molecule has 5 rings (SSSR count). The van der Waals surface area contributed by atoms with Crippen LogP contribution < -0.4 is 14.5 Å². The van der Waals surface area contributed by atoms with Gasteiger partial charge in [0.25, 0.3) is 0 Å². The average Bonchev–Trinajstić information content (AvgIpc) is 2.81. The van der Waals surface area contributed by atoms with E-state index in [1.54, 1.807) is 0 Å². The summed E-state index contributed by atoms with van der Waals surface area (Å²) >= 11 is 0. The van der Waals surface area contributed by atoms with Gasteiger partial charge in [-0.15, -0.1) is 0 Å². The highest BCUT2D eigenvalue weighted by Gasteiger charge is 2.37. The van der Waals surface area contributed by atoms with E-state index >= 15 is 0 Å². The van der Waals surface area contributed by atoms with Crippen molar-refractivity contribution in [3.8, 4) is 5.75 Å². The molecule has 174 valence electrons. The van der Waals surface area contributed by atoms with Gasteiger partial charge in [-0.25, -0.2) is 9.97 Å². The quantitative estimate of drug-likeness (QED) is 0.553. The number of anilines is 2. The van der Waals surface area contributed by atoms with Crippen molar-refractivity contribution in [1.29, 1.82) is 0 Å². The molecule has 3 aromatic rings. The second-order valence-corrected chi connectivity index (χ2v) is 9.58. The molecular weight excluding hydrogens is 412 g/mol. The van der Waals surface area contributed by atoms with Gasteiger partial charge in [-0.3, -0.25) is 0 Å². The van der Waals surface area contributed by atoms with E-state index in [0.717, 1.165) is 67.6 Å². The molecule has 0 saturated carbocycles. The highest BCUT2D eigenvalue weighted by molar-refractivity contribution is 5.82. The summed E-state index contributed by atoms with van der Waals surface area (Å²) in [6.07, 6.45) is 1.01. The summed E-state index contributed by atoms with van der Waals surface area (Å²) < 4.78 is 6.09. The predicted molar refractivity (Wildman–Crippen MR) is 135 cm³/mol. The molecule has 0 spiro atoms. The number of ether oxygens (including phenoxy) is 1. The third-order valence-electron chi connectivity index (χ3n) is 6.60. The molecule has 0 amide bonds. The first-order chi connectivity index (χ1) is 16.0. The third-order valence-corrected chi connectivity index (χ3v) is 6.60. The summed E-state index contributed by atoms with van der Waals surface area (Å²) in [7, 11) is 8.38. The zero-order valence-corrected chi connectivity index (χ0v) is 20.2. The van der Waals surface area contributed by atoms with Gasteiger partial charge in [0.1, 0.15) is 12.4 Å². The van der Waals surface area contributed by atoms with Gasteiger partial charge in [-0.1, -0.05) is 18.2 Å². The van der Waals surface area contributed by atoms with Gasteiger partial charge in [0, 0.05) is 32.7 Å². The molecule has 0 fully saturated rings. The number of hydrogen-bond acceptors (Lipinski definition) is 7. The number of fused-ring (bicyclic) bond motifs is 6. The minimum absolute atomic E-state index is 0.247. The lowest BCUT2D eigenvalue weighted by Crippen LogP contribution is -2.49. The first-order valence-electron chi connectivity index (χ1n) is 11.8. The lowest BCUT2D eigenvalue weighted by molar-refractivity contribution is 0.261. The zero-order chi connectivity index (χ0) is 22.9. The fourth-order valence-corrected chi connectivity index (χ4v) is 4.76. The molecule has 0 bridgehead atoms. The van der Waals surface area contributed by atoms with Crippen LogP contribution in [0.4, 0.5) is 11.6 Å². The minimum atomic E-state index is 0.247. The molecule has 1 atom stereocenters. The van der Waals surface area contributed by atoms with Crippen LogP contribution in [0.3, 0.4) is 0 Å². The van der Waals surface area contributed by atoms with Crippen molar-refractivity contribution in [3.05, 3.63) is 53.6 Å². The number of rotatable bonds is 7. The Morgan fingerprint density at radius 1 is 0.939 bits per heavy atom. The smallest absolute Gasteiger partial charge is 0.173 e. The minimum Gasteiger partial charge on any atom is -0.492 e. The van der Waals surface area contributed by atoms with Gasteiger partial charge in [-0.05, 0) is 70.0 Å². The summed E-state index contributed by atoms with van der Waals surface area (Å²) in [6.45, 7) is 5.35. The maximum atomic E-state index is 6.09. The number of benzene rings is 2. The molecule has 2 aliphatic rings. The van der Waals surface area contributed by atoms with Crippen LogP contribution in [-0.4, -0.2) is 87.3 Å². The van der Waals surface area contributed by atoms with E-state index in [-0.39, 0.29) is 6.04 Å². The molecule has 3 heterocycles. The maximum Gasteiger partial charge on any atom is 0.173 e. The summed E-state index contributed by atoms with van der Waals surface area (Å²) in [5.41, 5.74) is 4.69. The Labute approximate surface area is 196 Å². The molecule has 0 saturated heterocycles. The van der Waals surface area contributed by atoms with Crippen molar-refractivity contribution >= 4 is 22.7 Å². The number of para-hydroxylation sites is 2. The number of hydrogen-bond donors (Lipinski definition) is 0. The predicted octanol–water partition coefficient (Wildman–Crippen LogP) is 3.06. The summed E-state index contributed by atoms with van der Waals surface area (Å²) in [6, 6.07) is 15.1. The summed E-state index contributed by atoms with van der Waals surface area (Å²) in [5, 5.41) is 0. The van der Waals surface area contributed by atoms with E-state index in [4.69, 9.17) is 14.7 Å². The Kier molecular flexibility index (Phi) is 6.08. The van der Waals surface area contributed by atoms with E-state index in [1.165, 1.54) is 11.1 Å². The molecule has 7 nitrogen and oxygen atoms in total. The highest BCUT2D eigenvalue weighted by Crippen LogP contribution is 2.43. The third kappa shape index (κ3) is 4.48. The molecule has 1 aromatic heterocycles. The largest absolute Gasteiger partial charge is 0.492 e. The fourth-order valence-electron chi connectivity index (χ4n) is 4.76. The number of aromatic nitrogens is 2. The molecule has 0 N–H and O–H groups in total. The molecule has 1 unspecified atom stereocenters. The van der Waals surface area contributed by atoms with E-state index in [9.17, 15) is 0 Å². The van der Waals surface area contributed by atoms with E-state index in [2.05, 4.69) is 78.1 Å². The molecule has 0 aliphatic carbocycles. The first-order valence-corrected chi connectivity index (χ1v) is 11.8. The standard InChI is InChI=1S/C26H34N6O/c1-29(2)13-14-31-18-24-21-17-20(33-16-15-30(3)4)10-9-19(21)11-12-32(24)26-25(31)27-22-7-5-6-8-23(22)28-26/h5-10,17,24H,11-16,18H2,1-4H3. The number of likely N-dealkylation sites (N-methyl/N-ethyl adjacent to an activating group) is 2. The van der Waals surface area contributed by atoms with Crippen molar-refractivity contribution in [1.82, 2.24) is 19.8 Å². The van der Waals surface area contributed by atoms with Crippen LogP contribution in [0.2, 0.25) is 0 Å². The SMILES string of the molecule is CN(C)CCOc1ccc2c(c1)C1CN(CCN(C)C)c3nc4ccccc4nc3N1CC2. The first kappa shape index (κ1) is 21.9. The molecule has 7 heteroatoms. The van der Waals surface area contributed by atoms with Gasteiger partial charge in [-0.2, -0.15) is 0 Å². The van der Waals surface area contributed by atoms with Crippen LogP contribution in [0.1, 0.15) is 17.2 Å². The number of nitrogens with zero attached hydrogens (tertiary/aromatic N) is 6. The van der Waals surface area contributed by atoms with Crippen LogP contribution in [0.15, 0.2) is 42.5 Å². The molecule has 2 aromatic carbocycles.